The molecule has 7 heteroatoms. The summed E-state index contributed by atoms with van der Waals surface area (Å²) in [5.41, 5.74) is 3.55. The zero-order valence-electron chi connectivity index (χ0n) is 17.7. The molecule has 3 aromatic rings. The van der Waals surface area contributed by atoms with E-state index in [1.165, 1.54) is 5.56 Å². The average Bonchev–Trinajstić information content (AvgIpc) is 3.02. The average molecular weight is 617 g/mol. The second-order valence-corrected chi connectivity index (χ2v) is 7.31. The molecule has 0 saturated carbocycles. The Labute approximate surface area is 196 Å². The van der Waals surface area contributed by atoms with Crippen molar-refractivity contribution in [1.29, 1.82) is 0 Å². The van der Waals surface area contributed by atoms with Crippen molar-refractivity contribution in [2.45, 2.75) is 33.1 Å². The van der Waals surface area contributed by atoms with Gasteiger partial charge < -0.3 is 17.5 Å². The van der Waals surface area contributed by atoms with E-state index in [2.05, 4.69) is 42.5 Å². The Morgan fingerprint density at radius 3 is 2.41 bits per heavy atom. The number of nitrogens with zero attached hydrogens (tertiary/aromatic N) is 3. The molecule has 6 nitrogen and oxygen atoms in total. The number of amides is 1. The fourth-order valence-corrected chi connectivity index (χ4v) is 2.76. The summed E-state index contributed by atoms with van der Waals surface area (Å²) in [6, 6.07) is 16.1. The number of aromatic nitrogens is 3. The second-order valence-electron chi connectivity index (χ2n) is 7.31. The van der Waals surface area contributed by atoms with E-state index in [4.69, 9.17) is 4.74 Å². The van der Waals surface area contributed by atoms with Crippen LogP contribution in [0.2, 0.25) is 0 Å². The maximum absolute atomic E-state index is 12.6. The predicted octanol–water partition coefficient (Wildman–Crippen LogP) is 4.38. The molecular weight excluding hydrogens is 590 g/mol. The largest absolute Gasteiger partial charge is 0.520 e. The van der Waals surface area contributed by atoms with Crippen molar-refractivity contribution >= 4 is 11.6 Å². The number of carbonyl (C=O) groups excluding carboxylic acids is 1. The van der Waals surface area contributed by atoms with E-state index in [0.29, 0.717) is 22.8 Å². The van der Waals surface area contributed by atoms with Crippen LogP contribution >= 0.6 is 0 Å². The summed E-state index contributed by atoms with van der Waals surface area (Å²) in [5.74, 6) is 0.326. The van der Waals surface area contributed by atoms with Crippen molar-refractivity contribution < 1.29 is 40.6 Å². The third kappa shape index (κ3) is 5.49. The first kappa shape index (κ1) is 24.9. The van der Waals surface area contributed by atoms with Gasteiger partial charge in [-0.15, -0.1) is 17.2 Å². The molecule has 0 aliphatic heterocycles. The van der Waals surface area contributed by atoms with Crippen molar-refractivity contribution in [1.82, 2.24) is 15.0 Å². The zero-order chi connectivity index (χ0) is 19.6. The van der Waals surface area contributed by atoms with E-state index in [1.807, 2.05) is 24.3 Å². The molecule has 1 N–H and O–H groups in total. The first-order valence-corrected chi connectivity index (χ1v) is 8.70. The SMILES string of the molecule is COc1cc[c-]cc1-n1nnc(C(=O)Nc2ccc(C(C)(C)C)cc2)c1C.[CH3-].[U]. The fourth-order valence-electron chi connectivity index (χ4n) is 2.76. The molecule has 0 spiro atoms. The van der Waals surface area contributed by atoms with E-state index < -0.39 is 0 Å². The molecule has 3 rings (SSSR count). The Morgan fingerprint density at radius 2 is 1.83 bits per heavy atom. The molecule has 0 aliphatic carbocycles. The number of anilines is 1. The van der Waals surface area contributed by atoms with Gasteiger partial charge in [-0.25, -0.2) is 0 Å². The Balaban J connectivity index is 0.00000210. The van der Waals surface area contributed by atoms with Gasteiger partial charge in [-0.1, -0.05) is 38.1 Å². The molecule has 1 heterocycles. The van der Waals surface area contributed by atoms with Gasteiger partial charge in [0.2, 0.25) is 0 Å². The minimum atomic E-state index is -0.305. The van der Waals surface area contributed by atoms with Crippen LogP contribution in [0.4, 0.5) is 5.69 Å². The molecule has 1 amide bonds. The van der Waals surface area contributed by atoms with Crippen LogP contribution in [0.5, 0.6) is 5.75 Å². The monoisotopic (exact) mass is 616 g/mol. The van der Waals surface area contributed by atoms with Crippen LogP contribution in [0.15, 0.2) is 42.5 Å². The van der Waals surface area contributed by atoms with Crippen molar-refractivity contribution in [3.8, 4) is 11.4 Å². The van der Waals surface area contributed by atoms with Crippen LogP contribution in [0.25, 0.3) is 5.69 Å². The molecule has 0 bridgehead atoms. The van der Waals surface area contributed by atoms with Crippen LogP contribution < -0.4 is 10.1 Å². The zero-order valence-corrected chi connectivity index (χ0v) is 21.9. The minimum absolute atomic E-state index is 0. The second kappa shape index (κ2) is 10.1. The van der Waals surface area contributed by atoms with Crippen LogP contribution in [-0.2, 0) is 5.41 Å². The van der Waals surface area contributed by atoms with Gasteiger partial charge in [0.05, 0.1) is 12.8 Å². The van der Waals surface area contributed by atoms with E-state index in [0.717, 1.165) is 0 Å². The van der Waals surface area contributed by atoms with Crippen molar-refractivity contribution in [3.05, 3.63) is 72.9 Å². The first-order valence-electron chi connectivity index (χ1n) is 8.70. The standard InChI is InChI=1S/C21H23N4O2.CH3.U/c1-14-19(23-24-25(14)17-8-6-7-9-18(17)27-5)20(26)22-16-12-10-15(11-13-16)21(2,3)4;;/h7-13H,1-5H3,(H,22,26);1H3;/q2*-1;. The number of ether oxygens (including phenoxy) is 1. The van der Waals surface area contributed by atoms with Gasteiger partial charge in [-0.2, -0.15) is 12.1 Å². The van der Waals surface area contributed by atoms with Gasteiger partial charge in [-0.05, 0) is 35.7 Å². The first-order chi connectivity index (χ1) is 12.8. The third-order valence-corrected chi connectivity index (χ3v) is 4.37. The van der Waals surface area contributed by atoms with Gasteiger partial charge in [0.15, 0.2) is 5.69 Å². The van der Waals surface area contributed by atoms with E-state index in [-0.39, 0.29) is 55.6 Å². The van der Waals surface area contributed by atoms with Crippen LogP contribution in [0.3, 0.4) is 0 Å². The van der Waals surface area contributed by atoms with Crippen molar-refractivity contribution in [3.63, 3.8) is 0 Å². The molecule has 0 unspecified atom stereocenters. The molecule has 29 heavy (non-hydrogen) atoms. The molecule has 0 fully saturated rings. The van der Waals surface area contributed by atoms with Gasteiger partial charge in [0.25, 0.3) is 5.91 Å². The summed E-state index contributed by atoms with van der Waals surface area (Å²) in [6.45, 7) is 8.25. The number of rotatable bonds is 4. The Bertz CT molecular complexity index is 960. The molecule has 0 saturated heterocycles. The van der Waals surface area contributed by atoms with Crippen LogP contribution in [0.1, 0.15) is 42.5 Å². The summed E-state index contributed by atoms with van der Waals surface area (Å²) in [6.07, 6.45) is 0. The van der Waals surface area contributed by atoms with E-state index in [9.17, 15) is 4.79 Å². The van der Waals surface area contributed by atoms with Crippen molar-refractivity contribution in [2.24, 2.45) is 0 Å². The fraction of sp³-hybridized carbons (Fsp3) is 0.273. The van der Waals surface area contributed by atoms with Crippen LogP contribution in [-0.4, -0.2) is 28.0 Å². The van der Waals surface area contributed by atoms with Gasteiger partial charge in [0.1, 0.15) is 0 Å². The normalized spacial score (nSPS) is 10.5. The topological polar surface area (TPSA) is 69.0 Å². The smallest absolute Gasteiger partial charge is 0.278 e. The molecule has 0 radical (unpaired) electrons. The summed E-state index contributed by atoms with van der Waals surface area (Å²) >= 11 is 0. The number of nitrogens with one attached hydrogen (secondary N) is 1. The summed E-state index contributed by atoms with van der Waals surface area (Å²) in [7, 11) is 1.58. The minimum Gasteiger partial charge on any atom is -0.520 e. The number of benzene rings is 2. The van der Waals surface area contributed by atoms with E-state index >= 15 is 0 Å². The Morgan fingerprint density at radius 1 is 1.17 bits per heavy atom. The van der Waals surface area contributed by atoms with Gasteiger partial charge in [0, 0.05) is 42.6 Å². The number of hydrogen-bond donors (Lipinski definition) is 1. The summed E-state index contributed by atoms with van der Waals surface area (Å²) < 4.78 is 6.93. The maximum Gasteiger partial charge on any atom is 0.278 e. The number of hydrogen-bond acceptors (Lipinski definition) is 4. The molecular formula is C22H26N4O2U-2. The van der Waals surface area contributed by atoms with Crippen molar-refractivity contribution in [2.75, 3.05) is 12.4 Å². The molecule has 2 aromatic carbocycles. The molecule has 152 valence electrons. The number of carbonyl (C=O) groups is 1. The third-order valence-electron chi connectivity index (χ3n) is 4.37. The maximum atomic E-state index is 12.6. The number of methoxy groups -OCH3 is 1. The van der Waals surface area contributed by atoms with E-state index in [1.54, 1.807) is 36.9 Å². The summed E-state index contributed by atoms with van der Waals surface area (Å²) in [5, 5.41) is 11.0. The molecule has 0 aliphatic rings. The predicted molar refractivity (Wildman–Crippen MR) is 111 cm³/mol. The Kier molecular flexibility index (Phi) is 8.68. The molecule has 0 atom stereocenters. The van der Waals surface area contributed by atoms with Gasteiger partial charge >= 0.3 is 0 Å². The molecule has 1 aromatic heterocycles. The van der Waals surface area contributed by atoms with Crippen LogP contribution in [0, 0.1) is 51.5 Å². The van der Waals surface area contributed by atoms with Gasteiger partial charge in [-0.3, -0.25) is 9.48 Å². The quantitative estimate of drug-likeness (QED) is 0.442. The Hall–Kier alpha value is -2.10. The summed E-state index contributed by atoms with van der Waals surface area (Å²) in [4.78, 5) is 12.6.